The van der Waals surface area contributed by atoms with E-state index in [-0.39, 0.29) is 18.0 Å². The van der Waals surface area contributed by atoms with E-state index in [1.807, 2.05) is 0 Å². The van der Waals surface area contributed by atoms with Crippen LogP contribution in [0.1, 0.15) is 10.4 Å². The molecule has 1 aromatic heterocycles. The van der Waals surface area contributed by atoms with Crippen LogP contribution in [0.4, 0.5) is 0 Å². The summed E-state index contributed by atoms with van der Waals surface area (Å²) in [5.41, 5.74) is 0.173. The molecule has 0 aliphatic heterocycles. The van der Waals surface area contributed by atoms with Gasteiger partial charge in [-0.15, -0.1) is 6.58 Å². The first-order chi connectivity index (χ1) is 7.13. The van der Waals surface area contributed by atoms with Gasteiger partial charge in [-0.2, -0.15) is 0 Å². The Morgan fingerprint density at radius 1 is 1.60 bits per heavy atom. The van der Waals surface area contributed by atoms with Gasteiger partial charge in [-0.25, -0.2) is 4.79 Å². The fourth-order valence-electron chi connectivity index (χ4n) is 1.07. The second kappa shape index (κ2) is 4.99. The van der Waals surface area contributed by atoms with Gasteiger partial charge in [-0.3, -0.25) is 4.79 Å². The minimum Gasteiger partial charge on any atom is -0.478 e. The van der Waals surface area contributed by atoms with Gasteiger partial charge in [0, 0.05) is 18.9 Å². The van der Waals surface area contributed by atoms with Crippen LogP contribution in [-0.4, -0.2) is 28.1 Å². The molecular weight excluding hydrogens is 196 g/mol. The Hall–Kier alpha value is -2.04. The summed E-state index contributed by atoms with van der Waals surface area (Å²) in [6, 6.07) is 1.45. The number of hydrogen-bond donors (Lipinski definition) is 2. The highest BCUT2D eigenvalue weighted by Gasteiger charge is 2.06. The molecule has 80 valence electrons. The van der Waals surface area contributed by atoms with Crippen LogP contribution in [0.5, 0.6) is 0 Å². The summed E-state index contributed by atoms with van der Waals surface area (Å²) < 4.78 is 1.52. The Morgan fingerprint density at radius 2 is 2.33 bits per heavy atom. The molecule has 0 saturated heterocycles. The zero-order chi connectivity index (χ0) is 11.3. The third-order valence-electron chi connectivity index (χ3n) is 1.77. The monoisotopic (exact) mass is 208 g/mol. The standard InChI is InChI=1S/C10H12N2O3/c1-2-4-11-9(13)7-12-5-3-8(6-12)10(14)15/h2-3,5-6H,1,4,7H2,(H,11,13)(H,14,15). The van der Waals surface area contributed by atoms with Crippen molar-refractivity contribution in [3.63, 3.8) is 0 Å². The SMILES string of the molecule is C=CCNC(=O)Cn1ccc(C(=O)O)c1. The van der Waals surface area contributed by atoms with Crippen molar-refractivity contribution in [3.05, 3.63) is 36.7 Å². The lowest BCUT2D eigenvalue weighted by Gasteiger charge is -2.02. The van der Waals surface area contributed by atoms with Gasteiger partial charge in [0.15, 0.2) is 0 Å². The predicted octanol–water partition coefficient (Wildman–Crippen LogP) is 0.488. The number of rotatable bonds is 5. The summed E-state index contributed by atoms with van der Waals surface area (Å²) in [6.45, 7) is 3.99. The normalized spacial score (nSPS) is 9.60. The number of carbonyl (C=O) groups is 2. The first kappa shape index (κ1) is 11.0. The van der Waals surface area contributed by atoms with Gasteiger partial charge < -0.3 is 15.0 Å². The van der Waals surface area contributed by atoms with E-state index in [1.165, 1.54) is 16.8 Å². The van der Waals surface area contributed by atoms with Gasteiger partial charge in [0.2, 0.25) is 5.91 Å². The van der Waals surface area contributed by atoms with Crippen molar-refractivity contribution in [2.24, 2.45) is 0 Å². The molecule has 0 fully saturated rings. The molecular formula is C10H12N2O3. The van der Waals surface area contributed by atoms with E-state index in [4.69, 9.17) is 5.11 Å². The number of amides is 1. The van der Waals surface area contributed by atoms with Gasteiger partial charge in [0.25, 0.3) is 0 Å². The maximum absolute atomic E-state index is 11.2. The van der Waals surface area contributed by atoms with Crippen molar-refractivity contribution in [2.45, 2.75) is 6.54 Å². The summed E-state index contributed by atoms with van der Waals surface area (Å²) in [4.78, 5) is 21.8. The molecule has 0 spiro atoms. The molecule has 0 aromatic carbocycles. The lowest BCUT2D eigenvalue weighted by atomic mass is 10.4. The minimum absolute atomic E-state index is 0.112. The maximum atomic E-state index is 11.2. The molecule has 2 N–H and O–H groups in total. The molecule has 0 aliphatic rings. The number of carboxylic acid groups (broad SMARTS) is 1. The van der Waals surface area contributed by atoms with Gasteiger partial charge in [0.1, 0.15) is 6.54 Å². The van der Waals surface area contributed by atoms with E-state index in [9.17, 15) is 9.59 Å². The van der Waals surface area contributed by atoms with Crippen molar-refractivity contribution < 1.29 is 14.7 Å². The molecule has 0 radical (unpaired) electrons. The van der Waals surface area contributed by atoms with Crippen molar-refractivity contribution in [3.8, 4) is 0 Å². The van der Waals surface area contributed by atoms with Crippen LogP contribution in [0.15, 0.2) is 31.1 Å². The smallest absolute Gasteiger partial charge is 0.337 e. The lowest BCUT2D eigenvalue weighted by Crippen LogP contribution is -2.27. The summed E-state index contributed by atoms with van der Waals surface area (Å²) >= 11 is 0. The Balaban J connectivity index is 2.53. The third kappa shape index (κ3) is 3.30. The average Bonchev–Trinajstić information content (AvgIpc) is 2.63. The summed E-state index contributed by atoms with van der Waals surface area (Å²) in [5.74, 6) is -1.18. The number of carboxylic acids is 1. The number of carbonyl (C=O) groups excluding carboxylic acids is 1. The van der Waals surface area contributed by atoms with Gasteiger partial charge >= 0.3 is 5.97 Å². The van der Waals surface area contributed by atoms with Gasteiger partial charge in [-0.1, -0.05) is 6.08 Å². The molecule has 1 heterocycles. The minimum atomic E-state index is -1.000. The van der Waals surface area contributed by atoms with E-state index in [2.05, 4.69) is 11.9 Å². The summed E-state index contributed by atoms with van der Waals surface area (Å²) in [5, 5.41) is 11.2. The summed E-state index contributed by atoms with van der Waals surface area (Å²) in [6.07, 6.45) is 4.54. The molecule has 5 heteroatoms. The molecule has 1 aromatic rings. The van der Waals surface area contributed by atoms with Crippen molar-refractivity contribution in [1.29, 1.82) is 0 Å². The molecule has 1 amide bonds. The van der Waals surface area contributed by atoms with E-state index >= 15 is 0 Å². The topological polar surface area (TPSA) is 71.3 Å². The number of nitrogens with zero attached hydrogens (tertiary/aromatic N) is 1. The van der Waals surface area contributed by atoms with E-state index in [1.54, 1.807) is 12.3 Å². The van der Waals surface area contributed by atoms with Crippen LogP contribution in [0, 0.1) is 0 Å². The van der Waals surface area contributed by atoms with Crippen molar-refractivity contribution in [1.82, 2.24) is 9.88 Å². The molecule has 0 atom stereocenters. The highest BCUT2D eigenvalue weighted by Crippen LogP contribution is 2.00. The average molecular weight is 208 g/mol. The second-order valence-corrected chi connectivity index (χ2v) is 2.97. The van der Waals surface area contributed by atoms with Crippen molar-refractivity contribution in [2.75, 3.05) is 6.54 Å². The zero-order valence-corrected chi connectivity index (χ0v) is 8.14. The first-order valence-electron chi connectivity index (χ1n) is 4.40. The molecule has 0 unspecified atom stereocenters. The lowest BCUT2D eigenvalue weighted by molar-refractivity contribution is -0.121. The quantitative estimate of drug-likeness (QED) is 0.692. The molecule has 0 saturated carbocycles. The molecule has 5 nitrogen and oxygen atoms in total. The van der Waals surface area contributed by atoms with Crippen LogP contribution in [0.25, 0.3) is 0 Å². The van der Waals surface area contributed by atoms with Crippen LogP contribution < -0.4 is 5.32 Å². The van der Waals surface area contributed by atoms with E-state index in [0.29, 0.717) is 6.54 Å². The largest absolute Gasteiger partial charge is 0.478 e. The fourth-order valence-corrected chi connectivity index (χ4v) is 1.07. The van der Waals surface area contributed by atoms with Crippen LogP contribution in [0.2, 0.25) is 0 Å². The fraction of sp³-hybridized carbons (Fsp3) is 0.200. The Labute approximate surface area is 87.0 Å². The maximum Gasteiger partial charge on any atom is 0.337 e. The number of aromatic carboxylic acids is 1. The zero-order valence-electron chi connectivity index (χ0n) is 8.14. The Kier molecular flexibility index (Phi) is 3.68. The van der Waals surface area contributed by atoms with Gasteiger partial charge in [-0.05, 0) is 6.07 Å². The second-order valence-electron chi connectivity index (χ2n) is 2.97. The van der Waals surface area contributed by atoms with Gasteiger partial charge in [0.05, 0.1) is 5.56 Å². The highest BCUT2D eigenvalue weighted by molar-refractivity contribution is 5.87. The highest BCUT2D eigenvalue weighted by atomic mass is 16.4. The van der Waals surface area contributed by atoms with E-state index in [0.717, 1.165) is 0 Å². The number of hydrogen-bond acceptors (Lipinski definition) is 2. The van der Waals surface area contributed by atoms with Crippen molar-refractivity contribution >= 4 is 11.9 Å². The van der Waals surface area contributed by atoms with E-state index < -0.39 is 5.97 Å². The summed E-state index contributed by atoms with van der Waals surface area (Å²) in [7, 11) is 0. The Bertz CT molecular complexity index is 382. The molecule has 15 heavy (non-hydrogen) atoms. The Morgan fingerprint density at radius 3 is 2.87 bits per heavy atom. The van der Waals surface area contributed by atoms with Crippen LogP contribution >= 0.6 is 0 Å². The first-order valence-corrected chi connectivity index (χ1v) is 4.40. The molecule has 0 bridgehead atoms. The number of aromatic nitrogens is 1. The third-order valence-corrected chi connectivity index (χ3v) is 1.77. The predicted molar refractivity (Wildman–Crippen MR) is 54.6 cm³/mol. The van der Waals surface area contributed by atoms with Crippen LogP contribution in [0.3, 0.4) is 0 Å². The molecule has 1 rings (SSSR count). The number of nitrogens with one attached hydrogen (secondary N) is 1. The molecule has 0 aliphatic carbocycles. The van der Waals surface area contributed by atoms with Crippen LogP contribution in [-0.2, 0) is 11.3 Å².